The van der Waals surface area contributed by atoms with Crippen molar-refractivity contribution in [3.05, 3.63) is 108 Å². The van der Waals surface area contributed by atoms with Crippen LogP contribution in [-0.4, -0.2) is 27.5 Å². The number of nitrogens with zero attached hydrogens (tertiary/aromatic N) is 2. The summed E-state index contributed by atoms with van der Waals surface area (Å²) in [7, 11) is -3.38. The smallest absolute Gasteiger partial charge is 0.401 e. The van der Waals surface area contributed by atoms with E-state index in [-0.39, 0.29) is 11.8 Å². The summed E-state index contributed by atoms with van der Waals surface area (Å²) in [5.74, 6) is 5.10. The minimum atomic E-state index is -1.69. The Morgan fingerprint density at radius 2 is 0.912 bits per heavy atom. The zero-order valence-electron chi connectivity index (χ0n) is 21.2. The van der Waals surface area contributed by atoms with Crippen LogP contribution in [0.2, 0.25) is 39.3 Å². The highest BCUT2D eigenvalue weighted by Gasteiger charge is 2.46. The molecule has 178 valence electrons. The van der Waals surface area contributed by atoms with Crippen LogP contribution in [0.1, 0.15) is 0 Å². The van der Waals surface area contributed by atoms with Crippen molar-refractivity contribution in [2.45, 2.75) is 39.3 Å². The van der Waals surface area contributed by atoms with Gasteiger partial charge in [0.25, 0.3) is 0 Å². The van der Waals surface area contributed by atoms with E-state index in [0.717, 1.165) is 0 Å². The summed E-state index contributed by atoms with van der Waals surface area (Å²) in [5.41, 5.74) is -2.92. The average molecular weight is 525 g/mol. The van der Waals surface area contributed by atoms with Crippen molar-refractivity contribution >= 4 is 50.5 Å². The largest absolute Gasteiger partial charge is 0.406 e. The predicted octanol–water partition coefficient (Wildman–Crippen LogP) is 6.16. The summed E-state index contributed by atoms with van der Waals surface area (Å²) in [5, 5.41) is 2.83. The lowest BCUT2D eigenvalue weighted by molar-refractivity contribution is -0.538. The number of hydrogen-bond donors (Lipinski definition) is 0. The summed E-state index contributed by atoms with van der Waals surface area (Å²) < 4.78 is 4.38. The van der Waals surface area contributed by atoms with Gasteiger partial charge in [0, 0.05) is 16.1 Å². The fourth-order valence-electron chi connectivity index (χ4n) is 5.59. The van der Waals surface area contributed by atoms with E-state index >= 15 is 0 Å². The molecule has 0 N–H and O–H groups in total. The zero-order chi connectivity index (χ0) is 24.8. The molecule has 2 nitrogen and oxygen atoms in total. The molecule has 8 heteroatoms. The van der Waals surface area contributed by atoms with Crippen LogP contribution in [0.3, 0.4) is 0 Å². The first-order valence-electron chi connectivity index (χ1n) is 12.3. The Labute approximate surface area is 217 Å². The van der Waals surface area contributed by atoms with Crippen LogP contribution in [0.4, 0.5) is 0 Å². The van der Waals surface area contributed by atoms with E-state index in [4.69, 9.17) is 22.9 Å². The van der Waals surface area contributed by atoms with E-state index in [1.54, 1.807) is 0 Å². The Bertz CT molecular complexity index is 1080. The van der Waals surface area contributed by atoms with Crippen LogP contribution in [0, 0.1) is 11.8 Å². The number of allylic oxidation sites excluding steroid dienone is 4. The van der Waals surface area contributed by atoms with Crippen molar-refractivity contribution in [3.63, 3.8) is 0 Å². The Morgan fingerprint density at radius 1 is 0.588 bits per heavy atom. The van der Waals surface area contributed by atoms with Gasteiger partial charge in [-0.2, -0.15) is 22.1 Å². The predicted molar refractivity (Wildman–Crippen MR) is 155 cm³/mol. The molecule has 0 bridgehead atoms. The quantitative estimate of drug-likeness (QED) is 0.414. The molecule has 2 aromatic rings. The van der Waals surface area contributed by atoms with Crippen LogP contribution in [-0.2, 0) is 0 Å². The maximum Gasteiger partial charge on any atom is 0.401 e. The Kier molecular flexibility index (Phi) is 6.84. The highest BCUT2D eigenvalue weighted by Crippen LogP contribution is 2.39. The molecule has 0 saturated heterocycles. The number of hydrogen-bond acceptors (Lipinski definition) is 0. The van der Waals surface area contributed by atoms with Crippen molar-refractivity contribution in [2.24, 2.45) is 11.8 Å². The monoisotopic (exact) mass is 524 g/mol. The van der Waals surface area contributed by atoms with Gasteiger partial charge in [-0.1, -0.05) is 51.4 Å². The van der Waals surface area contributed by atoms with Crippen molar-refractivity contribution in [1.82, 2.24) is 0 Å². The molecule has 0 amide bonds. The highest BCUT2D eigenvalue weighted by molar-refractivity contribution is 7.29. The van der Waals surface area contributed by atoms with Gasteiger partial charge >= 0.3 is 11.4 Å². The van der Waals surface area contributed by atoms with E-state index in [1.807, 2.05) is 12.1 Å². The summed E-state index contributed by atoms with van der Waals surface area (Å²) in [4.78, 5) is 0. The lowest BCUT2D eigenvalue weighted by Crippen LogP contribution is -2.66. The molecule has 0 fully saturated rings. The fraction of sp³-hybridized carbons (Fsp3) is 0.308. The van der Waals surface area contributed by atoms with E-state index in [9.17, 15) is 0 Å². The van der Waals surface area contributed by atoms with Gasteiger partial charge < -0.3 is 8.96 Å². The first-order valence-corrected chi connectivity index (χ1v) is 20.2. The van der Waals surface area contributed by atoms with E-state index in [0.29, 0.717) is 0 Å². The topological polar surface area (TPSA) is 7.76 Å². The van der Waals surface area contributed by atoms with Crippen molar-refractivity contribution < 1.29 is 8.96 Å². The Morgan fingerprint density at radius 3 is 1.21 bits per heavy atom. The average Bonchev–Trinajstić information content (AvgIpc) is 2.79. The molecule has 0 radical (unpaired) electrons. The third kappa shape index (κ3) is 4.75. The number of aromatic nitrogens is 2. The normalized spacial score (nSPS) is 29.5. The first kappa shape index (κ1) is 25.5. The lowest BCUT2D eigenvalue weighted by Gasteiger charge is -2.43. The molecule has 2 aliphatic rings. The maximum absolute atomic E-state index is 7.44. The molecule has 34 heavy (non-hydrogen) atoms. The molecule has 4 heterocycles. The highest BCUT2D eigenvalue weighted by atomic mass is 35.5. The summed E-state index contributed by atoms with van der Waals surface area (Å²) in [6, 6.07) is 12.3. The zero-order valence-corrected chi connectivity index (χ0v) is 24.7. The van der Waals surface area contributed by atoms with Gasteiger partial charge in [0.15, 0.2) is 0 Å². The molecule has 4 rings (SSSR count). The fourth-order valence-corrected chi connectivity index (χ4v) is 12.4. The van der Waals surface area contributed by atoms with Crippen LogP contribution < -0.4 is 8.96 Å². The van der Waals surface area contributed by atoms with Crippen LogP contribution in [0.25, 0.3) is 0 Å². The summed E-state index contributed by atoms with van der Waals surface area (Å²) in [6.45, 7) is 14.4. The van der Waals surface area contributed by atoms with Crippen molar-refractivity contribution in [3.8, 4) is 0 Å². The van der Waals surface area contributed by atoms with E-state index in [2.05, 4.69) is 134 Å². The van der Waals surface area contributed by atoms with E-state index < -0.39 is 27.5 Å². The van der Waals surface area contributed by atoms with Gasteiger partial charge in [0.05, 0.1) is 0 Å². The van der Waals surface area contributed by atoms with Gasteiger partial charge in [-0.15, -0.1) is 24.3 Å². The molecule has 2 aromatic heterocycles. The molecule has 4 atom stereocenters. The number of rotatable bonds is 5. The lowest BCUT2D eigenvalue weighted by atomic mass is 9.53. The molecular weight excluding hydrogens is 489 g/mol. The minimum absolute atomic E-state index is 0.278. The van der Waals surface area contributed by atoms with Gasteiger partial charge in [0.2, 0.25) is 0 Å². The molecule has 0 spiro atoms. The van der Waals surface area contributed by atoms with Crippen molar-refractivity contribution in [1.29, 1.82) is 0 Å². The molecule has 0 aromatic carbocycles. The first-order chi connectivity index (χ1) is 15.9. The number of pyridine rings is 2. The molecule has 0 saturated carbocycles. The third-order valence-corrected chi connectivity index (χ3v) is 13.6. The minimum Gasteiger partial charge on any atom is -0.406 e. The van der Waals surface area contributed by atoms with Gasteiger partial charge in [-0.05, 0) is 36.1 Å². The standard InChI is InChI=1S/C26H36B2Cl2N2Si2/c1-33(2,3)25-21-23(13-15-27(25,29)31-17-9-7-10-18-31)24-14-16-28(30,26(22-24)34(4,5)6)32-19-11-8-12-20-32/h7-24H,1-6H3. The summed E-state index contributed by atoms with van der Waals surface area (Å²) in [6.07, 6.45) is 18.0. The van der Waals surface area contributed by atoms with Gasteiger partial charge in [0.1, 0.15) is 24.8 Å². The maximum atomic E-state index is 7.44. The van der Waals surface area contributed by atoms with Crippen LogP contribution in [0.15, 0.2) is 108 Å². The Hall–Kier alpha value is -1.60. The molecule has 4 unspecified atom stereocenters. The van der Waals surface area contributed by atoms with E-state index in [1.165, 1.54) is 10.2 Å². The third-order valence-electron chi connectivity index (χ3n) is 7.31. The SMILES string of the molecule is C[Si](C)(C)C1=CC(C2C=C[B-](Cl)([n+]3ccccc3)C([Si](C)(C)C)=C2)C=C[B-]1(Cl)[n+]1ccccc1. The molecular formula is C26H36B2Cl2N2Si2. The van der Waals surface area contributed by atoms with Gasteiger partial charge in [-0.25, -0.2) is 0 Å². The second-order valence-corrected chi connectivity index (χ2v) is 23.4. The van der Waals surface area contributed by atoms with Crippen LogP contribution in [0.5, 0.6) is 0 Å². The molecule has 0 aliphatic carbocycles. The van der Waals surface area contributed by atoms with Crippen molar-refractivity contribution in [2.75, 3.05) is 0 Å². The van der Waals surface area contributed by atoms with Gasteiger partial charge in [-0.3, -0.25) is 22.9 Å². The Balaban J connectivity index is 1.77. The second kappa shape index (κ2) is 9.12. The van der Waals surface area contributed by atoms with Crippen LogP contribution >= 0.6 is 22.9 Å². The summed E-state index contributed by atoms with van der Waals surface area (Å²) >= 11 is 14.9. The number of halogens is 2. The second-order valence-electron chi connectivity index (χ2n) is 11.9. The molecule has 2 aliphatic heterocycles.